The van der Waals surface area contributed by atoms with Crippen LogP contribution in [0.25, 0.3) is 0 Å². The first-order valence-corrected chi connectivity index (χ1v) is 8.99. The summed E-state index contributed by atoms with van der Waals surface area (Å²) in [5.74, 6) is -1.72. The van der Waals surface area contributed by atoms with E-state index in [1.54, 1.807) is 12.1 Å². The van der Waals surface area contributed by atoms with Crippen LogP contribution in [0.1, 0.15) is 54.1 Å². The molecule has 0 aliphatic heterocycles. The quantitative estimate of drug-likeness (QED) is 0.466. The summed E-state index contributed by atoms with van der Waals surface area (Å²) < 4.78 is 10.4. The monoisotopic (exact) mass is 348 g/mol. The van der Waals surface area contributed by atoms with Crippen molar-refractivity contribution in [1.82, 2.24) is 0 Å². The minimum Gasteiger partial charge on any atom is -0.463 e. The number of hydrogen-bond donors (Lipinski definition) is 1. The van der Waals surface area contributed by atoms with Crippen molar-refractivity contribution >= 4 is 11.8 Å². The number of ether oxygens (including phenoxy) is 2. The third-order valence-electron chi connectivity index (χ3n) is 5.00. The zero-order valence-electron chi connectivity index (χ0n) is 15.3. The number of rotatable bonds is 7. The molecular weight excluding hydrogens is 320 g/mol. The van der Waals surface area contributed by atoms with Crippen molar-refractivity contribution in [3.05, 3.63) is 34.9 Å². The Morgan fingerprint density at radius 3 is 2.64 bits per heavy atom. The number of ketones is 1. The minimum atomic E-state index is -1.69. The lowest BCUT2D eigenvalue weighted by molar-refractivity contribution is -0.160. The zero-order chi connectivity index (χ0) is 18.4. The first-order valence-electron chi connectivity index (χ1n) is 8.99. The van der Waals surface area contributed by atoms with Gasteiger partial charge in [-0.05, 0) is 50.8 Å². The highest BCUT2D eigenvalue weighted by Crippen LogP contribution is 2.37. The van der Waals surface area contributed by atoms with Crippen LogP contribution in [0.5, 0.6) is 0 Å². The summed E-state index contributed by atoms with van der Waals surface area (Å²) in [5.41, 5.74) is 0.822. The van der Waals surface area contributed by atoms with E-state index >= 15 is 0 Å². The highest BCUT2D eigenvalue weighted by atomic mass is 16.6. The number of carbonyl (C=O) groups is 2. The Balaban J connectivity index is 2.17. The van der Waals surface area contributed by atoms with E-state index in [1.165, 1.54) is 0 Å². The van der Waals surface area contributed by atoms with Gasteiger partial charge in [0.2, 0.25) is 0 Å². The van der Waals surface area contributed by atoms with E-state index in [4.69, 9.17) is 9.47 Å². The average molecular weight is 348 g/mol. The van der Waals surface area contributed by atoms with Crippen LogP contribution >= 0.6 is 0 Å². The van der Waals surface area contributed by atoms with Gasteiger partial charge in [-0.1, -0.05) is 25.0 Å². The molecule has 5 nitrogen and oxygen atoms in total. The Morgan fingerprint density at radius 1 is 1.20 bits per heavy atom. The molecule has 0 bridgehead atoms. The van der Waals surface area contributed by atoms with Gasteiger partial charge in [0.15, 0.2) is 5.78 Å². The highest BCUT2D eigenvalue weighted by molar-refractivity contribution is 6.05. The van der Waals surface area contributed by atoms with E-state index in [2.05, 4.69) is 0 Å². The summed E-state index contributed by atoms with van der Waals surface area (Å²) in [5, 5.41) is 11.1. The van der Waals surface area contributed by atoms with Gasteiger partial charge in [0.05, 0.1) is 12.5 Å². The van der Waals surface area contributed by atoms with Gasteiger partial charge >= 0.3 is 5.97 Å². The van der Waals surface area contributed by atoms with Gasteiger partial charge in [0, 0.05) is 12.2 Å². The normalized spacial score (nSPS) is 23.3. The first-order chi connectivity index (χ1) is 11.9. The molecule has 0 heterocycles. The number of esters is 1. The minimum absolute atomic E-state index is 0.136. The van der Waals surface area contributed by atoms with Gasteiger partial charge in [-0.25, -0.2) is 0 Å². The lowest BCUT2D eigenvalue weighted by Crippen LogP contribution is -2.51. The molecule has 0 aromatic heterocycles. The number of aryl methyl sites for hydroxylation is 2. The second-order valence-electron chi connectivity index (χ2n) is 6.72. The van der Waals surface area contributed by atoms with Crippen LogP contribution in [-0.2, 0) is 14.3 Å². The first kappa shape index (κ1) is 19.6. The van der Waals surface area contributed by atoms with Crippen LogP contribution in [0.2, 0.25) is 0 Å². The number of hydrogen-bond acceptors (Lipinski definition) is 5. The van der Waals surface area contributed by atoms with Gasteiger partial charge in [0.1, 0.15) is 12.2 Å². The molecule has 1 saturated carbocycles. The average Bonchev–Trinajstić information content (AvgIpc) is 2.60. The Bertz CT molecular complexity index is 625. The molecule has 1 aromatic rings. The molecule has 1 N–H and O–H groups in total. The molecule has 138 valence electrons. The molecule has 0 amide bonds. The van der Waals surface area contributed by atoms with Crippen molar-refractivity contribution in [2.45, 2.75) is 52.1 Å². The molecule has 1 aliphatic carbocycles. The van der Waals surface area contributed by atoms with Crippen LogP contribution in [-0.4, -0.2) is 42.3 Å². The smallest absolute Gasteiger partial charge is 0.312 e. The lowest BCUT2D eigenvalue weighted by Gasteiger charge is -2.37. The Kier molecular flexibility index (Phi) is 6.73. The van der Waals surface area contributed by atoms with Crippen LogP contribution in [0.15, 0.2) is 18.2 Å². The van der Waals surface area contributed by atoms with Crippen LogP contribution in [0, 0.1) is 19.8 Å². The fourth-order valence-corrected chi connectivity index (χ4v) is 3.32. The maximum Gasteiger partial charge on any atom is 0.312 e. The molecular formula is C20H28O5. The summed E-state index contributed by atoms with van der Waals surface area (Å²) in [6.07, 6.45) is 2.26. The van der Waals surface area contributed by atoms with Gasteiger partial charge < -0.3 is 14.6 Å². The summed E-state index contributed by atoms with van der Waals surface area (Å²) in [6.45, 7) is 6.77. The summed E-state index contributed by atoms with van der Waals surface area (Å²) in [6, 6.07) is 5.36. The SMILES string of the molecule is CCOCCOC(=O)[C@H]1CCCC[C@]1(O)C(=O)c1ccc(C)c(C)c1. The third kappa shape index (κ3) is 4.47. The van der Waals surface area contributed by atoms with Crippen LogP contribution < -0.4 is 0 Å². The van der Waals surface area contributed by atoms with E-state index in [-0.39, 0.29) is 18.8 Å². The van der Waals surface area contributed by atoms with E-state index in [1.807, 2.05) is 26.8 Å². The molecule has 2 atom stereocenters. The van der Waals surface area contributed by atoms with Crippen molar-refractivity contribution in [3.8, 4) is 0 Å². The van der Waals surface area contributed by atoms with E-state index in [0.29, 0.717) is 25.2 Å². The molecule has 5 heteroatoms. The Morgan fingerprint density at radius 2 is 1.96 bits per heavy atom. The lowest BCUT2D eigenvalue weighted by atomic mass is 9.71. The number of Topliss-reactive ketones (excluding diaryl/α,β-unsaturated/α-hetero) is 1. The molecule has 0 saturated heterocycles. The van der Waals surface area contributed by atoms with E-state index < -0.39 is 17.5 Å². The van der Waals surface area contributed by atoms with Crippen molar-refractivity contribution < 1.29 is 24.2 Å². The highest BCUT2D eigenvalue weighted by Gasteiger charge is 2.49. The van der Waals surface area contributed by atoms with Crippen LogP contribution in [0.4, 0.5) is 0 Å². The Labute approximate surface area is 149 Å². The maximum absolute atomic E-state index is 13.0. The largest absolute Gasteiger partial charge is 0.463 e. The van der Waals surface area contributed by atoms with Crippen molar-refractivity contribution in [2.75, 3.05) is 19.8 Å². The van der Waals surface area contributed by atoms with E-state index in [0.717, 1.165) is 24.0 Å². The topological polar surface area (TPSA) is 72.8 Å². The van der Waals surface area contributed by atoms with Gasteiger partial charge in [-0.2, -0.15) is 0 Å². The van der Waals surface area contributed by atoms with Gasteiger partial charge in [-0.3, -0.25) is 9.59 Å². The summed E-state index contributed by atoms with van der Waals surface area (Å²) in [7, 11) is 0. The molecule has 1 aromatic carbocycles. The van der Waals surface area contributed by atoms with E-state index in [9.17, 15) is 14.7 Å². The molecule has 2 rings (SSSR count). The predicted molar refractivity (Wildman–Crippen MR) is 94.6 cm³/mol. The summed E-state index contributed by atoms with van der Waals surface area (Å²) >= 11 is 0. The molecule has 25 heavy (non-hydrogen) atoms. The molecule has 0 spiro atoms. The fourth-order valence-electron chi connectivity index (χ4n) is 3.32. The molecule has 1 fully saturated rings. The number of benzene rings is 1. The molecule has 1 aliphatic rings. The van der Waals surface area contributed by atoms with Crippen molar-refractivity contribution in [2.24, 2.45) is 5.92 Å². The van der Waals surface area contributed by atoms with Crippen LogP contribution in [0.3, 0.4) is 0 Å². The fraction of sp³-hybridized carbons (Fsp3) is 0.600. The number of aliphatic hydroxyl groups is 1. The molecule has 0 unspecified atom stereocenters. The van der Waals surface area contributed by atoms with Crippen molar-refractivity contribution in [1.29, 1.82) is 0 Å². The number of carbonyl (C=O) groups excluding carboxylic acids is 2. The predicted octanol–water partition coefficient (Wildman–Crippen LogP) is 2.99. The maximum atomic E-state index is 13.0. The van der Waals surface area contributed by atoms with Gasteiger partial charge in [-0.15, -0.1) is 0 Å². The van der Waals surface area contributed by atoms with Gasteiger partial charge in [0.25, 0.3) is 0 Å². The second kappa shape index (κ2) is 8.59. The molecule has 0 radical (unpaired) electrons. The zero-order valence-corrected chi connectivity index (χ0v) is 15.3. The third-order valence-corrected chi connectivity index (χ3v) is 5.00. The summed E-state index contributed by atoms with van der Waals surface area (Å²) in [4.78, 5) is 25.4. The second-order valence-corrected chi connectivity index (χ2v) is 6.72. The standard InChI is InChI=1S/C20H28O5/c1-4-24-11-12-25-19(22)17-7-5-6-10-20(17,23)18(21)16-9-8-14(2)15(3)13-16/h8-9,13,17,23H,4-7,10-12H2,1-3H3/t17-,20-/m1/s1. The Hall–Kier alpha value is -1.72. The van der Waals surface area contributed by atoms with Crippen molar-refractivity contribution in [3.63, 3.8) is 0 Å².